The van der Waals surface area contributed by atoms with Crippen molar-refractivity contribution in [2.45, 2.75) is 31.6 Å². The highest BCUT2D eigenvalue weighted by molar-refractivity contribution is 5.71. The number of aromatic nitrogens is 1. The summed E-state index contributed by atoms with van der Waals surface area (Å²) in [5.41, 5.74) is 5.59. The van der Waals surface area contributed by atoms with E-state index in [1.54, 1.807) is 0 Å². The van der Waals surface area contributed by atoms with Crippen molar-refractivity contribution in [3.8, 4) is 22.4 Å². The lowest BCUT2D eigenvalue weighted by molar-refractivity contribution is 0.722. The van der Waals surface area contributed by atoms with Crippen LogP contribution in [0.2, 0.25) is 0 Å². The topological polar surface area (TPSA) is 12.9 Å². The van der Waals surface area contributed by atoms with Gasteiger partial charge in [0.05, 0.1) is 5.69 Å². The smallest absolute Gasteiger partial charge is 0.0705 e. The highest BCUT2D eigenvalue weighted by Gasteiger charge is 2.17. The van der Waals surface area contributed by atoms with Crippen molar-refractivity contribution in [3.05, 3.63) is 78.5 Å². The van der Waals surface area contributed by atoms with Gasteiger partial charge in [-0.1, -0.05) is 61.4 Å². The zero-order chi connectivity index (χ0) is 16.4. The molecule has 2 aromatic carbocycles. The van der Waals surface area contributed by atoms with Crippen molar-refractivity contribution in [3.63, 3.8) is 0 Å². The summed E-state index contributed by atoms with van der Waals surface area (Å²) >= 11 is 0. The van der Waals surface area contributed by atoms with E-state index >= 15 is 0 Å². The molecule has 3 aromatic rings. The van der Waals surface area contributed by atoms with Crippen molar-refractivity contribution >= 4 is 0 Å². The molecule has 1 aromatic heterocycles. The van der Waals surface area contributed by atoms with Gasteiger partial charge < -0.3 is 0 Å². The van der Waals surface area contributed by atoms with Crippen LogP contribution in [0.4, 0.5) is 0 Å². The van der Waals surface area contributed by atoms with E-state index in [1.807, 2.05) is 18.3 Å². The highest BCUT2D eigenvalue weighted by atomic mass is 14.7. The summed E-state index contributed by atoms with van der Waals surface area (Å²) in [5, 5.41) is 0. The quantitative estimate of drug-likeness (QED) is 0.571. The van der Waals surface area contributed by atoms with Crippen LogP contribution >= 0.6 is 0 Å². The zero-order valence-corrected chi connectivity index (χ0v) is 13.2. The summed E-state index contributed by atoms with van der Waals surface area (Å²) in [4.78, 5) is 4.56. The Hall–Kier alpha value is -2.41. The summed E-state index contributed by atoms with van der Waals surface area (Å²) < 4.78 is 8.73. The molecule has 0 saturated heterocycles. The van der Waals surface area contributed by atoms with Crippen molar-refractivity contribution in [2.75, 3.05) is 0 Å². The Morgan fingerprint density at radius 3 is 2.35 bits per heavy atom. The van der Waals surface area contributed by atoms with Gasteiger partial charge in [-0.2, -0.15) is 0 Å². The van der Waals surface area contributed by atoms with Gasteiger partial charge >= 0.3 is 0 Å². The van der Waals surface area contributed by atoms with E-state index in [4.69, 9.17) is 1.37 Å². The molecule has 1 heteroatoms. The first-order chi connectivity index (χ1) is 11.7. The van der Waals surface area contributed by atoms with E-state index in [2.05, 4.69) is 59.6 Å². The molecule has 1 nitrogen and oxygen atoms in total. The molecule has 0 spiro atoms. The van der Waals surface area contributed by atoms with Gasteiger partial charge in [0.2, 0.25) is 0 Å². The normalized spacial score (nSPS) is 17.0. The molecular weight excluding hydrogens is 278 g/mol. The van der Waals surface area contributed by atoms with Crippen LogP contribution in [0.3, 0.4) is 0 Å². The van der Waals surface area contributed by atoms with E-state index in [-0.39, 0.29) is 0 Å². The molecule has 4 rings (SSSR count). The van der Waals surface area contributed by atoms with Crippen LogP contribution in [-0.2, 0) is 0 Å². The van der Waals surface area contributed by atoms with Gasteiger partial charge in [-0.05, 0) is 53.6 Å². The monoisotopic (exact) mass is 300 g/mol. The predicted molar refractivity (Wildman–Crippen MR) is 96.3 cm³/mol. The summed E-state index contributed by atoms with van der Waals surface area (Å²) in [6.07, 6.45) is 6.09. The van der Waals surface area contributed by atoms with Crippen LogP contribution in [0.25, 0.3) is 22.4 Å². The Labute approximate surface area is 139 Å². The highest BCUT2D eigenvalue weighted by Crippen LogP contribution is 2.35. The van der Waals surface area contributed by atoms with Crippen LogP contribution in [0.5, 0.6) is 0 Å². The minimum atomic E-state index is -0.422. The average molecular weight is 300 g/mol. The van der Waals surface area contributed by atoms with Gasteiger partial charge in [0.1, 0.15) is 0 Å². The standard InChI is InChI=1S/C22H21N/c1-2-7-17(8-3-1)19-11-6-12-21(15-19)22-16-20(13-14-23-22)18-9-4-5-10-18/h1-3,6-8,11-16,18H,4-5,9-10H2/i18D. The second-order valence-electron chi connectivity index (χ2n) is 6.19. The van der Waals surface area contributed by atoms with Gasteiger partial charge in [-0.25, -0.2) is 0 Å². The van der Waals surface area contributed by atoms with E-state index in [0.29, 0.717) is 0 Å². The number of pyridine rings is 1. The molecule has 1 fully saturated rings. The number of rotatable bonds is 3. The van der Waals surface area contributed by atoms with Gasteiger partial charge in [0.25, 0.3) is 0 Å². The number of hydrogen-bond donors (Lipinski definition) is 0. The molecular formula is C22H21N. The van der Waals surface area contributed by atoms with Crippen LogP contribution in [0.1, 0.15) is 38.5 Å². The molecule has 0 amide bonds. The molecule has 0 bridgehead atoms. The minimum absolute atomic E-state index is 0.422. The van der Waals surface area contributed by atoms with Crippen molar-refractivity contribution in [2.24, 2.45) is 0 Å². The van der Waals surface area contributed by atoms with Crippen molar-refractivity contribution in [1.29, 1.82) is 0 Å². The minimum Gasteiger partial charge on any atom is -0.256 e. The van der Waals surface area contributed by atoms with Crippen LogP contribution in [0.15, 0.2) is 72.9 Å². The first-order valence-corrected chi connectivity index (χ1v) is 8.37. The molecule has 0 aliphatic heterocycles. The van der Waals surface area contributed by atoms with E-state index < -0.39 is 5.89 Å². The number of hydrogen-bond acceptors (Lipinski definition) is 1. The van der Waals surface area contributed by atoms with Crippen LogP contribution in [-0.4, -0.2) is 4.98 Å². The van der Waals surface area contributed by atoms with Gasteiger partial charge in [0, 0.05) is 13.1 Å². The maximum Gasteiger partial charge on any atom is 0.0705 e. The lowest BCUT2D eigenvalue weighted by Crippen LogP contribution is -1.94. The Morgan fingerprint density at radius 1 is 0.783 bits per heavy atom. The van der Waals surface area contributed by atoms with Gasteiger partial charge in [-0.15, -0.1) is 0 Å². The Kier molecular flexibility index (Phi) is 3.62. The molecule has 0 unspecified atom stereocenters. The van der Waals surface area contributed by atoms with Gasteiger partial charge in [-0.3, -0.25) is 4.98 Å². The molecule has 0 N–H and O–H groups in total. The van der Waals surface area contributed by atoms with Gasteiger partial charge in [0.15, 0.2) is 0 Å². The summed E-state index contributed by atoms with van der Waals surface area (Å²) in [6, 6.07) is 23.0. The molecule has 1 aliphatic carbocycles. The molecule has 1 aliphatic rings. The third-order valence-electron chi connectivity index (χ3n) is 4.64. The first kappa shape index (κ1) is 13.1. The Balaban J connectivity index is 1.72. The van der Waals surface area contributed by atoms with E-state index in [0.717, 1.165) is 42.5 Å². The van der Waals surface area contributed by atoms with Crippen molar-refractivity contribution in [1.82, 2.24) is 4.98 Å². The fraction of sp³-hybridized carbons (Fsp3) is 0.227. The lowest BCUT2D eigenvalue weighted by Gasteiger charge is -2.11. The van der Waals surface area contributed by atoms with Crippen molar-refractivity contribution < 1.29 is 1.37 Å². The summed E-state index contributed by atoms with van der Waals surface area (Å²) in [5.74, 6) is -0.422. The maximum atomic E-state index is 8.73. The maximum absolute atomic E-state index is 8.73. The fourth-order valence-corrected chi connectivity index (χ4v) is 3.39. The Bertz CT molecular complexity index is 835. The molecule has 114 valence electrons. The average Bonchev–Trinajstić information content (AvgIpc) is 3.11. The Morgan fingerprint density at radius 2 is 1.52 bits per heavy atom. The lowest BCUT2D eigenvalue weighted by atomic mass is 9.96. The third kappa shape index (κ3) is 3.05. The zero-order valence-electron chi connectivity index (χ0n) is 14.2. The van der Waals surface area contributed by atoms with Crippen LogP contribution < -0.4 is 0 Å². The summed E-state index contributed by atoms with van der Waals surface area (Å²) in [6.45, 7) is 0. The third-order valence-corrected chi connectivity index (χ3v) is 4.64. The van der Waals surface area contributed by atoms with E-state index in [1.165, 1.54) is 11.1 Å². The number of nitrogens with zero attached hydrogens (tertiary/aromatic N) is 1. The van der Waals surface area contributed by atoms with E-state index in [9.17, 15) is 0 Å². The molecule has 1 saturated carbocycles. The SMILES string of the molecule is [2H]C1(c2ccnc(-c3cccc(-c4ccccc4)c3)c2)CCCC1. The molecule has 1 heterocycles. The molecule has 0 radical (unpaired) electrons. The first-order valence-electron chi connectivity index (χ1n) is 8.87. The largest absolute Gasteiger partial charge is 0.256 e. The second-order valence-corrected chi connectivity index (χ2v) is 6.19. The molecule has 0 atom stereocenters. The predicted octanol–water partition coefficient (Wildman–Crippen LogP) is 6.07. The second kappa shape index (κ2) is 6.37. The number of benzene rings is 2. The summed E-state index contributed by atoms with van der Waals surface area (Å²) in [7, 11) is 0. The molecule has 23 heavy (non-hydrogen) atoms. The fourth-order valence-electron chi connectivity index (χ4n) is 3.39. The van der Waals surface area contributed by atoms with Crippen LogP contribution in [0, 0.1) is 0 Å².